The number of allylic oxidation sites excluding steroid dienone is 2. The Balaban J connectivity index is 0.974. The van der Waals surface area contributed by atoms with Gasteiger partial charge in [0.2, 0.25) is 0 Å². The van der Waals surface area contributed by atoms with Gasteiger partial charge in [-0.3, -0.25) is 0 Å². The molecule has 4 aromatic rings. The average Bonchev–Trinajstić information content (AvgIpc) is 3.65. The van der Waals surface area contributed by atoms with Gasteiger partial charge in [-0.15, -0.1) is 0 Å². The van der Waals surface area contributed by atoms with Crippen LogP contribution in [0.4, 0.5) is 0 Å². The lowest BCUT2D eigenvalue weighted by atomic mass is 9.44. The molecule has 3 unspecified atom stereocenters. The highest BCUT2D eigenvalue weighted by Crippen LogP contribution is 2.68. The molecule has 4 fully saturated rings. The molecule has 4 aliphatic carbocycles. The van der Waals surface area contributed by atoms with E-state index in [4.69, 9.17) is 46.4 Å². The van der Waals surface area contributed by atoms with Crippen LogP contribution < -0.4 is 0 Å². The van der Waals surface area contributed by atoms with Crippen LogP contribution in [-0.4, -0.2) is 64.7 Å². The van der Waals surface area contributed by atoms with Crippen molar-refractivity contribution in [2.75, 3.05) is 0 Å². The summed E-state index contributed by atoms with van der Waals surface area (Å²) in [6, 6.07) is 10.9. The van der Waals surface area contributed by atoms with Crippen LogP contribution in [-0.2, 0) is 0 Å². The lowest BCUT2D eigenvalue weighted by Crippen LogP contribution is -2.53. The zero-order chi connectivity index (χ0) is 51.4. The van der Waals surface area contributed by atoms with Gasteiger partial charge in [0.15, 0.2) is 0 Å². The van der Waals surface area contributed by atoms with Crippen LogP contribution in [0.15, 0.2) is 60.7 Å². The van der Waals surface area contributed by atoms with Crippen molar-refractivity contribution < 1.29 is 60.0 Å². The third-order valence-corrected chi connectivity index (χ3v) is 18.3. The first-order valence-electron chi connectivity index (χ1n) is 24.0. The van der Waals surface area contributed by atoms with Crippen molar-refractivity contribution in [1.82, 2.24) is 0 Å². The zero-order valence-corrected chi connectivity index (χ0v) is 42.2. The van der Waals surface area contributed by atoms with Crippen LogP contribution in [0.1, 0.15) is 161 Å². The van der Waals surface area contributed by atoms with Crippen LogP contribution in [0.3, 0.4) is 0 Å². The van der Waals surface area contributed by atoms with E-state index in [0.717, 1.165) is 64.2 Å². The molecule has 8 rings (SSSR count). The molecule has 0 bridgehead atoms. The number of aromatic hydroxyl groups is 4. The highest BCUT2D eigenvalue weighted by molar-refractivity contribution is 6.34. The van der Waals surface area contributed by atoms with Gasteiger partial charge in [-0.25, -0.2) is 19.2 Å². The van der Waals surface area contributed by atoms with Gasteiger partial charge in [0.25, 0.3) is 0 Å². The average molecular weight is 1050 g/mol. The number of hydrogen-bond donors (Lipinski definition) is 8. The van der Waals surface area contributed by atoms with E-state index >= 15 is 0 Å². The molecule has 0 heterocycles. The van der Waals surface area contributed by atoms with Crippen LogP contribution in [0, 0.1) is 46.3 Å². The molecule has 0 aliphatic heterocycles. The highest BCUT2D eigenvalue weighted by Gasteiger charge is 2.59. The van der Waals surface area contributed by atoms with Crippen LogP contribution in [0.2, 0.25) is 20.1 Å². The zero-order valence-electron chi connectivity index (χ0n) is 39.2. The summed E-state index contributed by atoms with van der Waals surface area (Å²) in [4.78, 5) is 48.3. The van der Waals surface area contributed by atoms with Crippen LogP contribution in [0.25, 0.3) is 11.1 Å². The second-order valence-corrected chi connectivity index (χ2v) is 22.3. The van der Waals surface area contributed by atoms with E-state index in [1.165, 1.54) is 55.0 Å². The predicted octanol–water partition coefficient (Wildman–Crippen LogP) is 14.3. The molecular formula is C55H56Cl4O12. The summed E-state index contributed by atoms with van der Waals surface area (Å²) >= 11 is 25.3. The number of carboxylic acid groups (broad SMARTS) is 4. The van der Waals surface area contributed by atoms with Gasteiger partial charge in [0.1, 0.15) is 45.3 Å². The van der Waals surface area contributed by atoms with E-state index in [2.05, 4.69) is 13.8 Å². The summed E-state index contributed by atoms with van der Waals surface area (Å²) in [6.07, 6.45) is 16.8. The van der Waals surface area contributed by atoms with E-state index in [1.807, 2.05) is 12.2 Å². The Hall–Kier alpha value is -5.40. The molecular weight excluding hydrogens is 994 g/mol. The van der Waals surface area contributed by atoms with Crippen molar-refractivity contribution in [2.45, 2.75) is 97.3 Å². The Morgan fingerprint density at radius 2 is 0.887 bits per heavy atom. The summed E-state index contributed by atoms with van der Waals surface area (Å²) in [7, 11) is 0. The molecule has 376 valence electrons. The lowest BCUT2D eigenvalue weighted by Gasteiger charge is -2.61. The quantitative estimate of drug-likeness (QED) is 0.0590. The topological polar surface area (TPSA) is 230 Å². The van der Waals surface area contributed by atoms with Crippen molar-refractivity contribution in [3.63, 3.8) is 0 Å². The van der Waals surface area contributed by atoms with E-state index < -0.39 is 69.1 Å². The lowest BCUT2D eigenvalue weighted by molar-refractivity contribution is -0.118. The van der Waals surface area contributed by atoms with Crippen LogP contribution >= 0.6 is 46.4 Å². The SMILES string of the molecule is C[C@]12CCC3C(CC[C@H]4C[C@@H](CCC=C(c5cc(Cl)c(O)c(C(=O)O)c5)c5cc(Cl)c(O)c(C(=O)O)c5)CC[C@]34C)C1CC[C@@H]2CCC=C(c1cc(Cl)c(O)c(C(=O)O)c1)c1cc(Cl)c(O)c(C(=O)O)c1. The number of rotatable bonds is 14. The van der Waals surface area contributed by atoms with Crippen molar-refractivity contribution in [3.05, 3.63) is 125 Å². The Morgan fingerprint density at radius 1 is 0.507 bits per heavy atom. The molecule has 8 N–H and O–H groups in total. The first kappa shape index (κ1) is 51.9. The minimum atomic E-state index is -1.38. The van der Waals surface area contributed by atoms with Gasteiger partial charge in [0, 0.05) is 0 Å². The number of carbonyl (C=O) groups is 4. The molecule has 71 heavy (non-hydrogen) atoms. The molecule has 0 amide bonds. The monoisotopic (exact) mass is 1050 g/mol. The largest absolute Gasteiger partial charge is 0.505 e. The molecule has 0 saturated heterocycles. The van der Waals surface area contributed by atoms with Crippen LogP contribution in [0.5, 0.6) is 23.0 Å². The van der Waals surface area contributed by atoms with Gasteiger partial charge < -0.3 is 40.9 Å². The summed E-state index contributed by atoms with van der Waals surface area (Å²) in [5.41, 5.74) is 1.06. The molecule has 12 nitrogen and oxygen atoms in total. The standard InChI is InChI=1S/C55H56Cl4O12/c1-54-16-14-41-35(40(54)12-10-31(54)6-4-8-34(29-20-38(52(68)69)48(62)44(58)24-29)30-21-39(53(70)71)49(63)45(59)25-30)11-9-32-17-26(13-15-55(32,41)2)5-3-7-33(27-18-36(50(64)65)46(60)42(56)22-27)28-19-37(51(66)67)47(61)43(57)23-28/h7-8,18-26,31-32,35,40-41,60-63H,3-6,9-17H2,1-2H3,(H,64,65)(H,66,67)(H,68,69)(H,70,71)/t26-,31-,32-,35?,40?,41?,54+,55-/m0/s1. The summed E-state index contributed by atoms with van der Waals surface area (Å²) in [6.45, 7) is 4.98. The van der Waals surface area contributed by atoms with Crippen molar-refractivity contribution in [1.29, 1.82) is 0 Å². The number of benzene rings is 4. The first-order chi connectivity index (χ1) is 33.5. The number of hydrogen-bond acceptors (Lipinski definition) is 8. The normalized spacial score (nSPS) is 25.5. The van der Waals surface area contributed by atoms with Gasteiger partial charge >= 0.3 is 23.9 Å². The second kappa shape index (κ2) is 20.2. The molecule has 0 aromatic heterocycles. The number of halogens is 4. The van der Waals surface area contributed by atoms with Crippen molar-refractivity contribution in [2.24, 2.45) is 46.3 Å². The Labute approximate surface area is 431 Å². The third kappa shape index (κ3) is 9.81. The highest BCUT2D eigenvalue weighted by atomic mass is 35.5. The molecule has 4 aliphatic rings. The Bertz CT molecular complexity index is 2770. The van der Waals surface area contributed by atoms with E-state index in [1.54, 1.807) is 0 Å². The molecule has 0 spiro atoms. The fourth-order valence-corrected chi connectivity index (χ4v) is 14.4. The van der Waals surface area contributed by atoms with E-state index in [-0.39, 0.29) is 30.9 Å². The maximum absolute atomic E-state index is 12.1. The van der Waals surface area contributed by atoms with Gasteiger partial charge in [0.05, 0.1) is 20.1 Å². The maximum Gasteiger partial charge on any atom is 0.339 e. The number of carboxylic acids is 4. The van der Waals surface area contributed by atoms with Gasteiger partial charge in [-0.1, -0.05) is 72.4 Å². The van der Waals surface area contributed by atoms with Gasteiger partial charge in [-0.2, -0.15) is 0 Å². The number of fused-ring (bicyclic) bond motifs is 5. The molecule has 0 radical (unpaired) electrons. The Kier molecular flexibility index (Phi) is 14.8. The molecule has 4 saturated carbocycles. The maximum atomic E-state index is 12.1. The predicted molar refractivity (Wildman–Crippen MR) is 272 cm³/mol. The Morgan fingerprint density at radius 3 is 1.30 bits per heavy atom. The summed E-state index contributed by atoms with van der Waals surface area (Å²) in [5.74, 6) is -4.66. The number of aromatic carboxylic acids is 4. The fourth-order valence-electron chi connectivity index (χ4n) is 13.6. The van der Waals surface area contributed by atoms with Gasteiger partial charge in [-0.05, 0) is 212 Å². The smallest absolute Gasteiger partial charge is 0.339 e. The third-order valence-electron chi connectivity index (χ3n) is 17.2. The summed E-state index contributed by atoms with van der Waals surface area (Å²) < 4.78 is 0. The molecule has 16 heteroatoms. The minimum Gasteiger partial charge on any atom is -0.505 e. The van der Waals surface area contributed by atoms with Crippen molar-refractivity contribution >= 4 is 81.4 Å². The molecule has 8 atom stereocenters. The fraction of sp³-hybridized carbons (Fsp3) is 0.418. The van der Waals surface area contributed by atoms with Crippen molar-refractivity contribution in [3.8, 4) is 23.0 Å². The van der Waals surface area contributed by atoms with E-state index in [0.29, 0.717) is 81.7 Å². The first-order valence-corrected chi connectivity index (χ1v) is 25.5. The summed E-state index contributed by atoms with van der Waals surface area (Å²) in [5, 5.41) is 80.4. The van der Waals surface area contributed by atoms with E-state index in [9.17, 15) is 60.0 Å². The molecule has 4 aromatic carbocycles. The number of phenols is 4. The second-order valence-electron chi connectivity index (χ2n) is 20.6. The minimum absolute atomic E-state index is 0.121.